The first-order valence-electron chi connectivity index (χ1n) is 4.54. The molecule has 2 heteroatoms. The molecular formula is C10H11NO. The number of hydrogen-bond donors (Lipinski definition) is 0. The Balaban J connectivity index is 2.05. The Bertz CT molecular complexity index is 324. The van der Waals surface area contributed by atoms with Crippen molar-refractivity contribution in [3.8, 4) is 0 Å². The molecule has 0 amide bonds. The van der Waals surface area contributed by atoms with Crippen LogP contribution >= 0.6 is 0 Å². The Morgan fingerprint density at radius 2 is 2.42 bits per heavy atom. The fraction of sp³-hybridized carbons (Fsp3) is 0.500. The molecule has 2 bridgehead atoms. The molecule has 0 saturated heterocycles. The van der Waals surface area contributed by atoms with E-state index < -0.39 is 0 Å². The minimum absolute atomic E-state index is 0.868. The standard InChI is InChI=1S/C10H11NO/c1-2-8-5-7(1)6-9(8)10-11-3-4-12-10/h3-4,7H,1-2,5-6H2. The molecule has 0 radical (unpaired) electrons. The van der Waals surface area contributed by atoms with Crippen LogP contribution < -0.4 is 0 Å². The highest BCUT2D eigenvalue weighted by atomic mass is 16.3. The summed E-state index contributed by atoms with van der Waals surface area (Å²) in [5.74, 6) is 1.77. The van der Waals surface area contributed by atoms with Crippen molar-refractivity contribution in [1.29, 1.82) is 0 Å². The number of oxazole rings is 1. The lowest BCUT2D eigenvalue weighted by Crippen LogP contribution is -1.93. The third-order valence-corrected chi connectivity index (χ3v) is 3.00. The normalized spacial score (nSPS) is 27.2. The Morgan fingerprint density at radius 1 is 1.42 bits per heavy atom. The molecule has 0 aromatic carbocycles. The number of allylic oxidation sites excluding steroid dienone is 2. The van der Waals surface area contributed by atoms with E-state index in [1.54, 1.807) is 18.0 Å². The fourth-order valence-corrected chi connectivity index (χ4v) is 2.42. The van der Waals surface area contributed by atoms with Gasteiger partial charge < -0.3 is 4.42 Å². The second-order valence-corrected chi connectivity index (χ2v) is 3.73. The molecule has 1 aromatic rings. The van der Waals surface area contributed by atoms with E-state index in [1.807, 2.05) is 0 Å². The number of rotatable bonds is 1. The van der Waals surface area contributed by atoms with Crippen LogP contribution in [0.2, 0.25) is 0 Å². The van der Waals surface area contributed by atoms with Crippen molar-refractivity contribution >= 4 is 5.57 Å². The molecule has 2 nitrogen and oxygen atoms in total. The van der Waals surface area contributed by atoms with Crippen molar-refractivity contribution in [3.05, 3.63) is 23.9 Å². The number of aromatic nitrogens is 1. The molecule has 0 N–H and O–H groups in total. The Kier molecular flexibility index (Phi) is 1.20. The molecule has 12 heavy (non-hydrogen) atoms. The molecule has 2 aliphatic rings. The summed E-state index contributed by atoms with van der Waals surface area (Å²) in [6.07, 6.45) is 8.57. The second kappa shape index (κ2) is 2.22. The lowest BCUT2D eigenvalue weighted by Gasteiger charge is -2.07. The molecule has 2 aliphatic carbocycles. The van der Waals surface area contributed by atoms with Crippen LogP contribution in [0.25, 0.3) is 5.57 Å². The molecule has 1 aromatic heterocycles. The van der Waals surface area contributed by atoms with Gasteiger partial charge in [0, 0.05) is 5.57 Å². The number of hydrogen-bond acceptors (Lipinski definition) is 2. The van der Waals surface area contributed by atoms with Crippen LogP contribution in [-0.2, 0) is 0 Å². The molecule has 62 valence electrons. The maximum absolute atomic E-state index is 5.30. The van der Waals surface area contributed by atoms with Crippen molar-refractivity contribution in [2.45, 2.75) is 25.7 Å². The SMILES string of the molecule is c1coc(C2=C3CCC(C3)C2)n1. The van der Waals surface area contributed by atoms with Crippen molar-refractivity contribution in [3.63, 3.8) is 0 Å². The van der Waals surface area contributed by atoms with E-state index in [4.69, 9.17) is 4.42 Å². The van der Waals surface area contributed by atoms with E-state index >= 15 is 0 Å². The summed E-state index contributed by atoms with van der Waals surface area (Å²) >= 11 is 0. The highest BCUT2D eigenvalue weighted by Gasteiger charge is 2.32. The van der Waals surface area contributed by atoms with Gasteiger partial charge in [-0.25, -0.2) is 4.98 Å². The molecule has 1 atom stereocenters. The van der Waals surface area contributed by atoms with Gasteiger partial charge in [0.25, 0.3) is 0 Å². The van der Waals surface area contributed by atoms with E-state index in [2.05, 4.69) is 4.98 Å². The van der Waals surface area contributed by atoms with Gasteiger partial charge in [0.2, 0.25) is 5.89 Å². The lowest BCUT2D eigenvalue weighted by molar-refractivity contribution is 0.524. The van der Waals surface area contributed by atoms with Crippen LogP contribution in [0.3, 0.4) is 0 Å². The smallest absolute Gasteiger partial charge is 0.221 e. The van der Waals surface area contributed by atoms with Crippen LogP contribution in [0.15, 0.2) is 22.5 Å². The first-order chi connectivity index (χ1) is 5.93. The van der Waals surface area contributed by atoms with Crippen molar-refractivity contribution in [2.24, 2.45) is 5.92 Å². The largest absolute Gasteiger partial charge is 0.445 e. The van der Waals surface area contributed by atoms with Gasteiger partial charge in [0.05, 0.1) is 6.20 Å². The van der Waals surface area contributed by atoms with Crippen LogP contribution in [0.5, 0.6) is 0 Å². The minimum atomic E-state index is 0.868. The topological polar surface area (TPSA) is 26.0 Å². The highest BCUT2D eigenvalue weighted by molar-refractivity contribution is 5.66. The molecule has 1 saturated carbocycles. The van der Waals surface area contributed by atoms with Crippen LogP contribution in [0.1, 0.15) is 31.6 Å². The van der Waals surface area contributed by atoms with E-state index in [-0.39, 0.29) is 0 Å². The van der Waals surface area contributed by atoms with Crippen LogP contribution in [0.4, 0.5) is 0 Å². The summed E-state index contributed by atoms with van der Waals surface area (Å²) in [5.41, 5.74) is 3.00. The van der Waals surface area contributed by atoms with E-state index in [1.165, 1.54) is 31.3 Å². The number of nitrogens with zero attached hydrogens (tertiary/aromatic N) is 1. The summed E-state index contributed by atoms with van der Waals surface area (Å²) < 4.78 is 5.30. The van der Waals surface area contributed by atoms with Gasteiger partial charge in [-0.15, -0.1) is 0 Å². The molecule has 1 heterocycles. The van der Waals surface area contributed by atoms with Crippen LogP contribution in [0, 0.1) is 5.92 Å². The van der Waals surface area contributed by atoms with Gasteiger partial charge >= 0.3 is 0 Å². The van der Waals surface area contributed by atoms with Gasteiger partial charge in [0.15, 0.2) is 0 Å². The summed E-state index contributed by atoms with van der Waals surface area (Å²) in [5, 5.41) is 0. The third-order valence-electron chi connectivity index (χ3n) is 3.00. The monoisotopic (exact) mass is 161 g/mol. The quantitative estimate of drug-likeness (QED) is 0.632. The third kappa shape index (κ3) is 0.779. The van der Waals surface area contributed by atoms with Crippen molar-refractivity contribution in [2.75, 3.05) is 0 Å². The van der Waals surface area contributed by atoms with Gasteiger partial charge in [0.1, 0.15) is 6.26 Å². The van der Waals surface area contributed by atoms with E-state index in [0.29, 0.717) is 0 Å². The maximum atomic E-state index is 5.30. The minimum Gasteiger partial charge on any atom is -0.445 e. The first-order valence-corrected chi connectivity index (χ1v) is 4.54. The van der Waals surface area contributed by atoms with Gasteiger partial charge in [-0.3, -0.25) is 0 Å². The Hall–Kier alpha value is -1.05. The maximum Gasteiger partial charge on any atom is 0.221 e. The van der Waals surface area contributed by atoms with E-state index in [0.717, 1.165) is 11.8 Å². The predicted molar refractivity (Wildman–Crippen MR) is 45.4 cm³/mol. The predicted octanol–water partition coefficient (Wildman–Crippen LogP) is 2.63. The molecule has 1 unspecified atom stereocenters. The molecule has 1 fully saturated rings. The highest BCUT2D eigenvalue weighted by Crippen LogP contribution is 2.47. The fourth-order valence-electron chi connectivity index (χ4n) is 2.42. The summed E-state index contributed by atoms with van der Waals surface area (Å²) in [7, 11) is 0. The van der Waals surface area contributed by atoms with E-state index in [9.17, 15) is 0 Å². The van der Waals surface area contributed by atoms with Crippen molar-refractivity contribution < 1.29 is 4.42 Å². The molecule has 0 aliphatic heterocycles. The van der Waals surface area contributed by atoms with Gasteiger partial charge in [-0.05, 0) is 31.6 Å². The molecular weight excluding hydrogens is 150 g/mol. The zero-order valence-electron chi connectivity index (χ0n) is 6.92. The van der Waals surface area contributed by atoms with Gasteiger partial charge in [-0.2, -0.15) is 0 Å². The second-order valence-electron chi connectivity index (χ2n) is 3.73. The summed E-state index contributed by atoms with van der Waals surface area (Å²) in [6, 6.07) is 0. The number of fused-ring (bicyclic) bond motifs is 2. The molecule has 0 spiro atoms. The summed E-state index contributed by atoms with van der Waals surface area (Å²) in [4.78, 5) is 4.19. The average molecular weight is 161 g/mol. The zero-order valence-corrected chi connectivity index (χ0v) is 6.92. The van der Waals surface area contributed by atoms with Gasteiger partial charge in [-0.1, -0.05) is 5.57 Å². The zero-order chi connectivity index (χ0) is 7.97. The lowest BCUT2D eigenvalue weighted by atomic mass is 9.99. The van der Waals surface area contributed by atoms with Crippen molar-refractivity contribution in [1.82, 2.24) is 4.98 Å². The Labute approximate surface area is 71.3 Å². The summed E-state index contributed by atoms with van der Waals surface area (Å²) in [6.45, 7) is 0. The molecule has 3 rings (SSSR count). The Morgan fingerprint density at radius 3 is 3.00 bits per heavy atom. The van der Waals surface area contributed by atoms with Crippen LogP contribution in [-0.4, -0.2) is 4.98 Å². The first kappa shape index (κ1) is 6.46. The average Bonchev–Trinajstić information content (AvgIpc) is 2.81.